The minimum absolute atomic E-state index is 0.165. The molecule has 2 amide bonds. The van der Waals surface area contributed by atoms with E-state index in [9.17, 15) is 18.6 Å². The highest BCUT2D eigenvalue weighted by Crippen LogP contribution is 2.31. The lowest BCUT2D eigenvalue weighted by Gasteiger charge is -2.22. The number of rotatable bonds is 7. The Kier molecular flexibility index (Phi) is 6.71. The van der Waals surface area contributed by atoms with Gasteiger partial charge in [-0.25, -0.2) is 13.4 Å². The van der Waals surface area contributed by atoms with Gasteiger partial charge in [-0.3, -0.25) is 9.59 Å². The fourth-order valence-electron chi connectivity index (χ4n) is 3.16. The van der Waals surface area contributed by atoms with Gasteiger partial charge in [-0.1, -0.05) is 49.5 Å². The molecule has 0 saturated heterocycles. The Labute approximate surface area is 190 Å². The summed E-state index contributed by atoms with van der Waals surface area (Å²) in [5, 5.41) is 0. The maximum absolute atomic E-state index is 14.3. The van der Waals surface area contributed by atoms with Gasteiger partial charge in [0.25, 0.3) is 11.8 Å². The predicted molar refractivity (Wildman–Crippen MR) is 126 cm³/mol. The van der Waals surface area contributed by atoms with Crippen LogP contribution < -0.4 is 0 Å². The number of benzene rings is 2. The first kappa shape index (κ1) is 23.9. The average Bonchev–Trinajstić information content (AvgIpc) is 2.98. The molecular weight excluding hydrogens is 444 g/mol. The van der Waals surface area contributed by atoms with E-state index in [4.69, 9.17) is 4.74 Å². The normalized spacial score (nSPS) is 16.3. The first-order chi connectivity index (χ1) is 14.9. The lowest BCUT2D eigenvalue weighted by Crippen LogP contribution is -2.37. The summed E-state index contributed by atoms with van der Waals surface area (Å²) in [5.41, 5.74) is 1.24. The van der Waals surface area contributed by atoms with Gasteiger partial charge >= 0.3 is 5.97 Å². The van der Waals surface area contributed by atoms with Crippen LogP contribution in [0.5, 0.6) is 0 Å². The van der Waals surface area contributed by atoms with Crippen LogP contribution in [-0.2, 0) is 19.4 Å². The van der Waals surface area contributed by atoms with Crippen molar-refractivity contribution in [1.29, 1.82) is 0 Å². The minimum atomic E-state index is -3.76. The van der Waals surface area contributed by atoms with Gasteiger partial charge in [0.2, 0.25) is 0 Å². The van der Waals surface area contributed by atoms with E-state index in [0.717, 1.165) is 11.6 Å². The van der Waals surface area contributed by atoms with Crippen molar-refractivity contribution in [2.75, 3.05) is 6.61 Å². The quantitative estimate of drug-likeness (QED) is 0.340. The first-order valence-corrected chi connectivity index (χ1v) is 15.6. The number of nitrogens with zero attached hydrogens (tertiary/aromatic N) is 2. The maximum atomic E-state index is 14.3. The second kappa shape index (κ2) is 8.99. The second-order valence-electron chi connectivity index (χ2n) is 9.02. The standard InChI is InChI=1S/C23H28N2O5SSi/c1-16-10-12-18(13-11-16)31(29,24-17(2)23(28)30-14-15-32(3,4)5)25-21(26)19-8-6-7-9-20(19)22(25)27/h6-13,17H,14-15H2,1-5H3/t17-,31?/m1/s1. The van der Waals surface area contributed by atoms with Crippen molar-refractivity contribution in [3.8, 4) is 0 Å². The van der Waals surface area contributed by atoms with Gasteiger partial charge in [0.05, 0.1) is 22.6 Å². The molecule has 32 heavy (non-hydrogen) atoms. The fraction of sp³-hybridized carbons (Fsp3) is 0.348. The van der Waals surface area contributed by atoms with Crippen LogP contribution in [0.4, 0.5) is 0 Å². The number of imide groups is 1. The van der Waals surface area contributed by atoms with Crippen molar-refractivity contribution in [3.63, 3.8) is 0 Å². The third-order valence-corrected chi connectivity index (χ3v) is 9.09. The molecule has 2 aromatic carbocycles. The number of amides is 2. The summed E-state index contributed by atoms with van der Waals surface area (Å²) in [6.45, 7) is 10.1. The number of hydrogen-bond acceptors (Lipinski definition) is 6. The molecule has 1 unspecified atom stereocenters. The Morgan fingerprint density at radius 1 is 1.03 bits per heavy atom. The molecule has 0 aliphatic carbocycles. The van der Waals surface area contributed by atoms with Crippen molar-refractivity contribution in [1.82, 2.24) is 4.31 Å². The zero-order valence-electron chi connectivity index (χ0n) is 19.0. The van der Waals surface area contributed by atoms with Gasteiger partial charge in [-0.2, -0.15) is 4.31 Å². The van der Waals surface area contributed by atoms with E-state index >= 15 is 0 Å². The summed E-state index contributed by atoms with van der Waals surface area (Å²) in [4.78, 5) is 38.9. The van der Waals surface area contributed by atoms with Crippen LogP contribution in [0.1, 0.15) is 33.2 Å². The fourth-order valence-corrected chi connectivity index (χ4v) is 5.95. The van der Waals surface area contributed by atoms with Gasteiger partial charge in [-0.15, -0.1) is 0 Å². The third kappa shape index (κ3) is 4.83. The van der Waals surface area contributed by atoms with E-state index < -0.39 is 41.8 Å². The Bertz CT molecular complexity index is 1140. The monoisotopic (exact) mass is 472 g/mol. The van der Waals surface area contributed by atoms with Crippen LogP contribution >= 0.6 is 0 Å². The predicted octanol–water partition coefficient (Wildman–Crippen LogP) is 4.30. The molecule has 1 aliphatic rings. The highest BCUT2D eigenvalue weighted by Gasteiger charge is 2.43. The maximum Gasteiger partial charge on any atom is 0.331 e. The summed E-state index contributed by atoms with van der Waals surface area (Å²) in [6.07, 6.45) is 0. The SMILES string of the molecule is Cc1ccc(S(=O)(=N[C@H](C)C(=O)OCC[Si](C)(C)C)N2C(=O)c3ccccc3C2=O)cc1. The lowest BCUT2D eigenvalue weighted by atomic mass is 10.1. The van der Waals surface area contributed by atoms with Crippen molar-refractivity contribution in [2.24, 2.45) is 4.36 Å². The summed E-state index contributed by atoms with van der Waals surface area (Å²) in [7, 11) is -5.16. The van der Waals surface area contributed by atoms with Crippen LogP contribution in [-0.4, -0.2) is 47.0 Å². The second-order valence-corrected chi connectivity index (χ2v) is 16.7. The van der Waals surface area contributed by atoms with Gasteiger partial charge in [0, 0.05) is 8.07 Å². The van der Waals surface area contributed by atoms with Gasteiger partial charge in [0.15, 0.2) is 16.0 Å². The molecule has 0 N–H and O–H groups in total. The molecule has 0 fully saturated rings. The summed E-state index contributed by atoms with van der Waals surface area (Å²) in [5.74, 6) is -2.03. The molecule has 0 aromatic heterocycles. The van der Waals surface area contributed by atoms with Crippen LogP contribution in [0, 0.1) is 6.92 Å². The summed E-state index contributed by atoms with van der Waals surface area (Å²) < 4.78 is 24.5. The number of esters is 1. The van der Waals surface area contributed by atoms with Crippen molar-refractivity contribution < 1.29 is 23.3 Å². The Balaban J connectivity index is 2.02. The van der Waals surface area contributed by atoms with E-state index in [1.54, 1.807) is 36.4 Å². The van der Waals surface area contributed by atoms with Crippen LogP contribution in [0.2, 0.25) is 25.7 Å². The third-order valence-electron chi connectivity index (χ3n) is 5.07. The van der Waals surface area contributed by atoms with Crippen LogP contribution in [0.25, 0.3) is 0 Å². The number of carbonyl (C=O) groups is 3. The molecular formula is C23H28N2O5SSi. The molecule has 0 spiro atoms. The zero-order valence-corrected chi connectivity index (χ0v) is 20.8. The Morgan fingerprint density at radius 2 is 1.56 bits per heavy atom. The van der Waals surface area contributed by atoms with Gasteiger partial charge < -0.3 is 4.74 Å². The molecule has 0 saturated carbocycles. The van der Waals surface area contributed by atoms with E-state index in [2.05, 4.69) is 24.0 Å². The summed E-state index contributed by atoms with van der Waals surface area (Å²) >= 11 is 0. The van der Waals surface area contributed by atoms with E-state index in [1.807, 2.05) is 6.92 Å². The van der Waals surface area contributed by atoms with E-state index in [1.165, 1.54) is 19.1 Å². The Hall–Kier alpha value is -2.78. The number of carbonyl (C=O) groups excluding carboxylic acids is 3. The molecule has 0 bridgehead atoms. The molecule has 3 rings (SSSR count). The van der Waals surface area contributed by atoms with Gasteiger partial charge in [0.1, 0.15) is 0 Å². The number of fused-ring (bicyclic) bond motifs is 1. The molecule has 1 heterocycles. The lowest BCUT2D eigenvalue weighted by molar-refractivity contribution is -0.144. The number of ether oxygens (including phenoxy) is 1. The topological polar surface area (TPSA) is 93.1 Å². The number of hydrogen-bond donors (Lipinski definition) is 0. The molecule has 1 aliphatic heterocycles. The molecule has 7 nitrogen and oxygen atoms in total. The molecule has 170 valence electrons. The van der Waals surface area contributed by atoms with Crippen LogP contribution in [0.15, 0.2) is 57.8 Å². The molecule has 0 radical (unpaired) electrons. The van der Waals surface area contributed by atoms with Crippen molar-refractivity contribution in [3.05, 3.63) is 65.2 Å². The minimum Gasteiger partial charge on any atom is -0.464 e. The van der Waals surface area contributed by atoms with Gasteiger partial charge in [-0.05, 0) is 44.2 Å². The zero-order chi connectivity index (χ0) is 23.7. The Morgan fingerprint density at radius 3 is 2.06 bits per heavy atom. The smallest absolute Gasteiger partial charge is 0.331 e. The molecule has 2 atom stereocenters. The molecule has 2 aromatic rings. The highest BCUT2D eigenvalue weighted by molar-refractivity contribution is 7.92. The van der Waals surface area contributed by atoms with Crippen molar-refractivity contribution in [2.45, 2.75) is 50.5 Å². The van der Waals surface area contributed by atoms with Crippen molar-refractivity contribution >= 4 is 35.8 Å². The van der Waals surface area contributed by atoms with E-state index in [0.29, 0.717) is 4.31 Å². The first-order valence-electron chi connectivity index (χ1n) is 10.4. The summed E-state index contributed by atoms with van der Waals surface area (Å²) in [6, 6.07) is 12.5. The van der Waals surface area contributed by atoms with Crippen LogP contribution in [0.3, 0.4) is 0 Å². The highest BCUT2D eigenvalue weighted by atomic mass is 32.2. The number of aryl methyl sites for hydroxylation is 1. The molecule has 9 heteroatoms. The largest absolute Gasteiger partial charge is 0.464 e. The van der Waals surface area contributed by atoms with E-state index in [-0.39, 0.29) is 22.6 Å². The average molecular weight is 473 g/mol.